The number of carbonyl (C=O) groups is 1. The Morgan fingerprint density at radius 2 is 2.20 bits per heavy atom. The lowest BCUT2D eigenvalue weighted by Gasteiger charge is -2.06. The maximum atomic E-state index is 12.7. The number of halogens is 1. The highest BCUT2D eigenvalue weighted by atomic mass is 19.1. The molecule has 104 valence electrons. The fourth-order valence-corrected chi connectivity index (χ4v) is 1.75. The molecule has 0 unspecified atom stereocenters. The van der Waals surface area contributed by atoms with Gasteiger partial charge in [-0.15, -0.1) is 0 Å². The van der Waals surface area contributed by atoms with Crippen molar-refractivity contribution in [2.45, 2.75) is 12.8 Å². The number of pyridine rings is 2. The van der Waals surface area contributed by atoms with Crippen LogP contribution in [-0.2, 0) is 16.0 Å². The minimum Gasteiger partial charge on any atom is -0.469 e. The predicted molar refractivity (Wildman–Crippen MR) is 70.1 cm³/mol. The number of hydrogen-bond donors (Lipinski definition) is 0. The predicted octanol–water partition coefficient (Wildman–Crippen LogP) is 1.48. The smallest absolute Gasteiger partial charge is 0.305 e. The van der Waals surface area contributed by atoms with Crippen LogP contribution in [0.2, 0.25) is 0 Å². The fraction of sp³-hybridized carbons (Fsp3) is 0.214. The third kappa shape index (κ3) is 3.28. The Hall–Kier alpha value is -2.50. The molecular weight excluding hydrogens is 263 g/mol. The second kappa shape index (κ2) is 6.10. The third-order valence-electron chi connectivity index (χ3n) is 2.82. The van der Waals surface area contributed by atoms with Gasteiger partial charge in [-0.05, 0) is 30.2 Å². The van der Waals surface area contributed by atoms with E-state index in [0.717, 1.165) is 5.56 Å². The largest absolute Gasteiger partial charge is 0.469 e. The van der Waals surface area contributed by atoms with E-state index in [2.05, 4.69) is 9.72 Å². The summed E-state index contributed by atoms with van der Waals surface area (Å²) in [6, 6.07) is 5.82. The van der Waals surface area contributed by atoms with Crippen LogP contribution in [0.1, 0.15) is 12.0 Å². The van der Waals surface area contributed by atoms with Crippen LogP contribution < -0.4 is 5.56 Å². The molecule has 0 bridgehead atoms. The van der Waals surface area contributed by atoms with Gasteiger partial charge in [0.15, 0.2) is 0 Å². The van der Waals surface area contributed by atoms with Crippen LogP contribution in [-0.4, -0.2) is 22.6 Å². The zero-order chi connectivity index (χ0) is 14.5. The van der Waals surface area contributed by atoms with Crippen LogP contribution in [0.4, 0.5) is 4.39 Å². The van der Waals surface area contributed by atoms with E-state index in [4.69, 9.17) is 0 Å². The zero-order valence-corrected chi connectivity index (χ0v) is 10.9. The molecular formula is C14H13FN2O3. The Labute approximate surface area is 114 Å². The van der Waals surface area contributed by atoms with Gasteiger partial charge in [0.1, 0.15) is 0 Å². The molecule has 0 aromatic carbocycles. The first-order valence-electron chi connectivity index (χ1n) is 6.00. The molecule has 0 spiro atoms. The average Bonchev–Trinajstić information content (AvgIpc) is 2.46. The van der Waals surface area contributed by atoms with E-state index in [1.165, 1.54) is 36.1 Å². The summed E-state index contributed by atoms with van der Waals surface area (Å²) < 4.78 is 18.6. The Bertz CT molecular complexity index is 665. The number of aromatic nitrogens is 2. The Morgan fingerprint density at radius 3 is 2.80 bits per heavy atom. The molecule has 0 aliphatic carbocycles. The van der Waals surface area contributed by atoms with Gasteiger partial charge in [-0.1, -0.05) is 0 Å². The normalized spacial score (nSPS) is 10.3. The lowest BCUT2D eigenvalue weighted by molar-refractivity contribution is -0.140. The molecule has 2 heterocycles. The molecule has 2 aromatic heterocycles. The summed E-state index contributed by atoms with van der Waals surface area (Å²) in [5.74, 6) is -0.923. The van der Waals surface area contributed by atoms with Gasteiger partial charge < -0.3 is 4.74 Å². The molecule has 0 aliphatic rings. The maximum absolute atomic E-state index is 12.7. The Balaban J connectivity index is 2.20. The highest BCUT2D eigenvalue weighted by molar-refractivity contribution is 5.69. The summed E-state index contributed by atoms with van der Waals surface area (Å²) in [6.45, 7) is 0. The molecule has 6 heteroatoms. The number of carbonyl (C=O) groups excluding carboxylic acids is 1. The molecule has 0 N–H and O–H groups in total. The second-order valence-electron chi connectivity index (χ2n) is 4.16. The van der Waals surface area contributed by atoms with E-state index in [1.807, 2.05) is 0 Å². The van der Waals surface area contributed by atoms with Gasteiger partial charge in [0.05, 0.1) is 19.0 Å². The monoisotopic (exact) mass is 276 g/mol. The zero-order valence-electron chi connectivity index (χ0n) is 10.9. The van der Waals surface area contributed by atoms with Crippen molar-refractivity contribution < 1.29 is 13.9 Å². The third-order valence-corrected chi connectivity index (χ3v) is 2.82. The standard InChI is InChI=1S/C14H13FN2O3/c1-20-14(19)5-2-10-6-7-17(13(18)8-10)11-3-4-12(15)16-9-11/h3-4,6-9H,2,5H2,1H3. The van der Waals surface area contributed by atoms with Crippen molar-refractivity contribution in [1.82, 2.24) is 9.55 Å². The molecule has 5 nitrogen and oxygen atoms in total. The first-order valence-corrected chi connectivity index (χ1v) is 6.00. The molecule has 20 heavy (non-hydrogen) atoms. The minimum absolute atomic E-state index is 0.220. The Morgan fingerprint density at radius 1 is 1.40 bits per heavy atom. The first-order chi connectivity index (χ1) is 9.60. The van der Waals surface area contributed by atoms with Crippen molar-refractivity contribution >= 4 is 5.97 Å². The summed E-state index contributed by atoms with van der Waals surface area (Å²) >= 11 is 0. The number of hydrogen-bond acceptors (Lipinski definition) is 4. The van der Waals surface area contributed by atoms with Gasteiger partial charge in [-0.25, -0.2) is 4.98 Å². The van der Waals surface area contributed by atoms with Gasteiger partial charge in [-0.2, -0.15) is 4.39 Å². The summed E-state index contributed by atoms with van der Waals surface area (Å²) in [6.07, 6.45) is 3.51. The molecule has 2 aromatic rings. The van der Waals surface area contributed by atoms with E-state index in [0.29, 0.717) is 12.1 Å². The molecule has 2 rings (SSSR count). The van der Waals surface area contributed by atoms with Gasteiger partial charge in [0.25, 0.3) is 5.56 Å². The number of esters is 1. The van der Waals surface area contributed by atoms with Crippen LogP contribution in [0.15, 0.2) is 41.5 Å². The lowest BCUT2D eigenvalue weighted by Crippen LogP contribution is -2.17. The van der Waals surface area contributed by atoms with Gasteiger partial charge >= 0.3 is 5.97 Å². The number of aryl methyl sites for hydroxylation is 1. The van der Waals surface area contributed by atoms with E-state index < -0.39 is 5.95 Å². The summed E-state index contributed by atoms with van der Waals surface area (Å²) in [7, 11) is 1.32. The SMILES string of the molecule is COC(=O)CCc1ccn(-c2ccc(F)nc2)c(=O)c1. The molecule has 0 aliphatic heterocycles. The molecule has 0 atom stereocenters. The van der Waals surface area contributed by atoms with Gasteiger partial charge in [0.2, 0.25) is 5.95 Å². The van der Waals surface area contributed by atoms with Crippen molar-refractivity contribution in [3.8, 4) is 5.69 Å². The number of rotatable bonds is 4. The summed E-state index contributed by atoms with van der Waals surface area (Å²) in [4.78, 5) is 26.5. The van der Waals surface area contributed by atoms with Crippen LogP contribution in [0, 0.1) is 5.95 Å². The fourth-order valence-electron chi connectivity index (χ4n) is 1.75. The highest BCUT2D eigenvalue weighted by Gasteiger charge is 2.05. The summed E-state index contributed by atoms with van der Waals surface area (Å²) in [5.41, 5.74) is 0.961. The minimum atomic E-state index is -0.600. The molecule has 0 fully saturated rings. The van der Waals surface area contributed by atoms with Gasteiger partial charge in [-0.3, -0.25) is 14.2 Å². The number of nitrogens with zero attached hydrogens (tertiary/aromatic N) is 2. The molecule has 0 saturated carbocycles. The second-order valence-corrected chi connectivity index (χ2v) is 4.16. The lowest BCUT2D eigenvalue weighted by atomic mass is 10.1. The van der Waals surface area contributed by atoms with E-state index in [1.54, 1.807) is 12.3 Å². The van der Waals surface area contributed by atoms with E-state index in [9.17, 15) is 14.0 Å². The van der Waals surface area contributed by atoms with Crippen LogP contribution in [0.5, 0.6) is 0 Å². The van der Waals surface area contributed by atoms with Crippen molar-refractivity contribution in [1.29, 1.82) is 0 Å². The maximum Gasteiger partial charge on any atom is 0.305 e. The van der Waals surface area contributed by atoms with Crippen LogP contribution in [0.3, 0.4) is 0 Å². The topological polar surface area (TPSA) is 61.2 Å². The number of ether oxygens (including phenoxy) is 1. The van der Waals surface area contributed by atoms with Gasteiger partial charge in [0, 0.05) is 18.7 Å². The first kappa shape index (κ1) is 13.9. The molecule has 0 radical (unpaired) electrons. The number of methoxy groups -OCH3 is 1. The Kier molecular flexibility index (Phi) is 4.24. The van der Waals surface area contributed by atoms with Crippen LogP contribution >= 0.6 is 0 Å². The quantitative estimate of drug-likeness (QED) is 0.627. The highest BCUT2D eigenvalue weighted by Crippen LogP contribution is 2.06. The molecule has 0 saturated heterocycles. The van der Waals surface area contributed by atoms with E-state index >= 15 is 0 Å². The van der Waals surface area contributed by atoms with Crippen molar-refractivity contribution in [2.75, 3.05) is 7.11 Å². The molecule has 0 amide bonds. The average molecular weight is 276 g/mol. The summed E-state index contributed by atoms with van der Waals surface area (Å²) in [5, 5.41) is 0. The van der Waals surface area contributed by atoms with Crippen molar-refractivity contribution in [3.63, 3.8) is 0 Å². The van der Waals surface area contributed by atoms with Crippen LogP contribution in [0.25, 0.3) is 5.69 Å². The van der Waals surface area contributed by atoms with E-state index in [-0.39, 0.29) is 17.9 Å². The van der Waals surface area contributed by atoms with Crippen molar-refractivity contribution in [3.05, 3.63) is 58.5 Å². The van der Waals surface area contributed by atoms with Crippen molar-refractivity contribution in [2.24, 2.45) is 0 Å².